The molecule has 0 spiro atoms. The van der Waals surface area contributed by atoms with Crippen LogP contribution >= 0.6 is 11.3 Å². The minimum atomic E-state index is -1.25. The highest BCUT2D eigenvalue weighted by Crippen LogP contribution is 2.41. The molecule has 4 nitrogen and oxygen atoms in total. The molecule has 2 aromatic rings. The summed E-state index contributed by atoms with van der Waals surface area (Å²) in [7, 11) is 2.60. The fourth-order valence-electron chi connectivity index (χ4n) is 3.03. The van der Waals surface area contributed by atoms with Crippen molar-refractivity contribution in [2.24, 2.45) is 5.41 Å². The monoisotopic (exact) mass is 316 g/mol. The van der Waals surface area contributed by atoms with Crippen LogP contribution in [0.5, 0.6) is 0 Å². The van der Waals surface area contributed by atoms with Crippen LogP contribution in [0.4, 0.5) is 0 Å². The van der Waals surface area contributed by atoms with Gasteiger partial charge >= 0.3 is 11.9 Å². The van der Waals surface area contributed by atoms with Crippen molar-refractivity contribution in [2.75, 3.05) is 14.2 Å². The molecule has 1 heterocycles. The molecule has 0 saturated carbocycles. The highest BCUT2D eigenvalue weighted by atomic mass is 32.1. The van der Waals surface area contributed by atoms with Crippen molar-refractivity contribution in [1.82, 2.24) is 0 Å². The Bertz CT molecular complexity index is 702. The first-order valence-corrected chi connectivity index (χ1v) is 7.81. The first-order valence-electron chi connectivity index (χ1n) is 6.93. The number of ether oxygens (including phenoxy) is 2. The minimum Gasteiger partial charge on any atom is -0.468 e. The third kappa shape index (κ3) is 2.22. The van der Waals surface area contributed by atoms with E-state index in [0.29, 0.717) is 12.8 Å². The van der Waals surface area contributed by atoms with Gasteiger partial charge < -0.3 is 9.47 Å². The maximum absolute atomic E-state index is 12.2. The van der Waals surface area contributed by atoms with Gasteiger partial charge in [-0.2, -0.15) is 0 Å². The molecule has 3 rings (SSSR count). The van der Waals surface area contributed by atoms with Crippen LogP contribution in [0.25, 0.3) is 10.4 Å². The molecule has 0 radical (unpaired) electrons. The standard InChI is InChI=1S/C17H16O4S/c1-20-15(18)17(16(19)21-2)9-12-6-5-11(8-13(12)10-17)14-4-3-7-22-14/h3-8H,9-10H2,1-2H3. The largest absolute Gasteiger partial charge is 0.468 e. The summed E-state index contributed by atoms with van der Waals surface area (Å²) < 4.78 is 9.71. The second-order valence-corrected chi connectivity index (χ2v) is 6.33. The van der Waals surface area contributed by atoms with Crippen LogP contribution in [0, 0.1) is 5.41 Å². The quantitative estimate of drug-likeness (QED) is 0.645. The molecule has 0 unspecified atom stereocenters. The van der Waals surface area contributed by atoms with E-state index in [1.54, 1.807) is 11.3 Å². The van der Waals surface area contributed by atoms with Gasteiger partial charge in [-0.25, -0.2) is 0 Å². The second kappa shape index (κ2) is 5.57. The molecule has 5 heteroatoms. The summed E-state index contributed by atoms with van der Waals surface area (Å²) in [6, 6.07) is 10.1. The van der Waals surface area contributed by atoms with E-state index in [0.717, 1.165) is 21.6 Å². The fourth-order valence-corrected chi connectivity index (χ4v) is 3.76. The molecule has 0 fully saturated rings. The zero-order chi connectivity index (χ0) is 15.7. The minimum absolute atomic E-state index is 0.320. The first kappa shape index (κ1) is 14.8. The summed E-state index contributed by atoms with van der Waals surface area (Å²) in [4.78, 5) is 25.6. The van der Waals surface area contributed by atoms with Gasteiger partial charge in [0.1, 0.15) is 0 Å². The highest BCUT2D eigenvalue weighted by molar-refractivity contribution is 7.13. The predicted octanol–water partition coefficient (Wildman–Crippen LogP) is 2.85. The molecule has 1 aliphatic rings. The number of rotatable bonds is 3. The van der Waals surface area contributed by atoms with Gasteiger partial charge in [0, 0.05) is 4.88 Å². The van der Waals surface area contributed by atoms with E-state index >= 15 is 0 Å². The summed E-state index contributed by atoms with van der Waals surface area (Å²) >= 11 is 1.66. The maximum atomic E-state index is 12.2. The Kier molecular flexibility index (Phi) is 3.74. The number of hydrogen-bond donors (Lipinski definition) is 0. The van der Waals surface area contributed by atoms with E-state index < -0.39 is 17.4 Å². The lowest BCUT2D eigenvalue weighted by molar-refractivity contribution is -0.168. The molecule has 0 bridgehead atoms. The highest BCUT2D eigenvalue weighted by Gasteiger charge is 2.52. The SMILES string of the molecule is COC(=O)C1(C(=O)OC)Cc2ccc(-c3cccs3)cc2C1. The molecule has 114 valence electrons. The van der Waals surface area contributed by atoms with Gasteiger partial charge in [0.25, 0.3) is 0 Å². The average Bonchev–Trinajstić information content (AvgIpc) is 3.20. The van der Waals surface area contributed by atoms with Crippen LogP contribution in [-0.4, -0.2) is 26.2 Å². The molecular weight excluding hydrogens is 300 g/mol. The summed E-state index contributed by atoms with van der Waals surface area (Å²) in [5, 5.41) is 2.02. The number of hydrogen-bond acceptors (Lipinski definition) is 5. The number of carbonyl (C=O) groups is 2. The fraction of sp³-hybridized carbons (Fsp3) is 0.294. The van der Waals surface area contributed by atoms with Gasteiger partial charge in [0.05, 0.1) is 14.2 Å². The number of methoxy groups -OCH3 is 2. The van der Waals surface area contributed by atoms with Crippen LogP contribution < -0.4 is 0 Å². The summed E-state index contributed by atoms with van der Waals surface area (Å²) in [6.07, 6.45) is 0.646. The van der Waals surface area contributed by atoms with E-state index in [1.165, 1.54) is 14.2 Å². The smallest absolute Gasteiger partial charge is 0.323 e. The van der Waals surface area contributed by atoms with Crippen LogP contribution in [0.15, 0.2) is 35.7 Å². The van der Waals surface area contributed by atoms with Crippen LogP contribution in [0.2, 0.25) is 0 Å². The van der Waals surface area contributed by atoms with Crippen molar-refractivity contribution >= 4 is 23.3 Å². The number of fused-ring (bicyclic) bond motifs is 1. The first-order chi connectivity index (χ1) is 10.6. The van der Waals surface area contributed by atoms with Gasteiger partial charge in [0.15, 0.2) is 5.41 Å². The molecule has 1 aliphatic carbocycles. The van der Waals surface area contributed by atoms with E-state index in [4.69, 9.17) is 9.47 Å². The second-order valence-electron chi connectivity index (χ2n) is 5.38. The van der Waals surface area contributed by atoms with Crippen LogP contribution in [0.3, 0.4) is 0 Å². The van der Waals surface area contributed by atoms with Crippen molar-refractivity contribution in [3.05, 3.63) is 46.8 Å². The molecule has 0 atom stereocenters. The van der Waals surface area contributed by atoms with E-state index in [2.05, 4.69) is 12.1 Å². The predicted molar refractivity (Wildman–Crippen MR) is 83.6 cm³/mol. The van der Waals surface area contributed by atoms with Gasteiger partial charge in [-0.15, -0.1) is 11.3 Å². The van der Waals surface area contributed by atoms with Crippen LogP contribution in [0.1, 0.15) is 11.1 Å². The Morgan fingerprint density at radius 2 is 1.73 bits per heavy atom. The lowest BCUT2D eigenvalue weighted by Gasteiger charge is -2.22. The summed E-state index contributed by atoms with van der Waals surface area (Å²) in [5.74, 6) is -1.07. The van der Waals surface area contributed by atoms with Gasteiger partial charge in [-0.1, -0.05) is 24.3 Å². The van der Waals surface area contributed by atoms with Crippen molar-refractivity contribution < 1.29 is 19.1 Å². The third-order valence-corrected chi connectivity index (χ3v) is 5.07. The molecule has 0 amide bonds. The van der Waals surface area contributed by atoms with E-state index in [-0.39, 0.29) is 0 Å². The maximum Gasteiger partial charge on any atom is 0.323 e. The van der Waals surface area contributed by atoms with Gasteiger partial charge in [-0.3, -0.25) is 9.59 Å². The average molecular weight is 316 g/mol. The topological polar surface area (TPSA) is 52.6 Å². The van der Waals surface area contributed by atoms with Crippen molar-refractivity contribution in [2.45, 2.75) is 12.8 Å². The van der Waals surface area contributed by atoms with Crippen molar-refractivity contribution in [1.29, 1.82) is 0 Å². The molecule has 22 heavy (non-hydrogen) atoms. The Balaban J connectivity index is 2.00. The van der Waals surface area contributed by atoms with E-state index in [9.17, 15) is 9.59 Å². The number of benzene rings is 1. The third-order valence-electron chi connectivity index (χ3n) is 4.15. The summed E-state index contributed by atoms with van der Waals surface area (Å²) in [6.45, 7) is 0. The Morgan fingerprint density at radius 1 is 1.05 bits per heavy atom. The molecule has 1 aromatic carbocycles. The molecule has 0 saturated heterocycles. The van der Waals surface area contributed by atoms with Crippen LogP contribution in [-0.2, 0) is 31.9 Å². The lowest BCUT2D eigenvalue weighted by atomic mass is 9.85. The number of carbonyl (C=O) groups excluding carboxylic acids is 2. The normalized spacial score (nSPS) is 15.2. The van der Waals surface area contributed by atoms with Crippen molar-refractivity contribution in [3.63, 3.8) is 0 Å². The molecule has 0 N–H and O–H groups in total. The zero-order valence-corrected chi connectivity index (χ0v) is 13.2. The Hall–Kier alpha value is -2.14. The Morgan fingerprint density at radius 3 is 2.32 bits per heavy atom. The molecule has 0 aliphatic heterocycles. The van der Waals surface area contributed by atoms with Gasteiger partial charge in [-0.05, 0) is 41.0 Å². The number of thiophene rings is 1. The Labute approximate surface area is 132 Å². The summed E-state index contributed by atoms with van der Waals surface area (Å²) in [5.41, 5.74) is 1.84. The zero-order valence-electron chi connectivity index (χ0n) is 12.4. The lowest BCUT2D eigenvalue weighted by Crippen LogP contribution is -2.42. The molecular formula is C17H16O4S. The number of esters is 2. The van der Waals surface area contributed by atoms with E-state index in [1.807, 2.05) is 23.6 Å². The van der Waals surface area contributed by atoms with Gasteiger partial charge in [0.2, 0.25) is 0 Å². The van der Waals surface area contributed by atoms with Crippen molar-refractivity contribution in [3.8, 4) is 10.4 Å². The molecule has 1 aromatic heterocycles.